The second kappa shape index (κ2) is 7.43. The lowest BCUT2D eigenvalue weighted by atomic mass is 10.1. The molecule has 0 radical (unpaired) electrons. The highest BCUT2D eigenvalue weighted by Gasteiger charge is 2.11. The average molecular weight is 339 g/mol. The lowest BCUT2D eigenvalue weighted by Gasteiger charge is -2.05. The summed E-state index contributed by atoms with van der Waals surface area (Å²) in [4.78, 5) is 26.2. The van der Waals surface area contributed by atoms with E-state index in [9.17, 15) is 9.59 Å². The number of rotatable bonds is 5. The number of hydrazine groups is 1. The SMILES string of the molecule is Cc1ccc(-c2nnc(CCC(=O)NNC(=O)c3ccc[nH]3)o2)cc1. The van der Waals surface area contributed by atoms with Gasteiger partial charge in [0.05, 0.1) is 0 Å². The maximum atomic E-state index is 11.8. The van der Waals surface area contributed by atoms with Crippen molar-refractivity contribution >= 4 is 11.8 Å². The maximum absolute atomic E-state index is 11.8. The average Bonchev–Trinajstić information content (AvgIpc) is 3.30. The second-order valence-electron chi connectivity index (χ2n) is 5.45. The van der Waals surface area contributed by atoms with Gasteiger partial charge >= 0.3 is 0 Å². The van der Waals surface area contributed by atoms with Crippen molar-refractivity contribution in [2.24, 2.45) is 0 Å². The highest BCUT2D eigenvalue weighted by Crippen LogP contribution is 2.18. The Hall–Kier alpha value is -3.42. The molecule has 2 aromatic heterocycles. The van der Waals surface area contributed by atoms with Crippen LogP contribution in [0.25, 0.3) is 11.5 Å². The fourth-order valence-electron chi connectivity index (χ4n) is 2.12. The topological polar surface area (TPSA) is 113 Å². The Kier molecular flexibility index (Phi) is 4.89. The van der Waals surface area contributed by atoms with Gasteiger partial charge in [0.1, 0.15) is 5.69 Å². The van der Waals surface area contributed by atoms with Crippen LogP contribution in [0.1, 0.15) is 28.4 Å². The van der Waals surface area contributed by atoms with Crippen LogP contribution < -0.4 is 10.9 Å². The summed E-state index contributed by atoms with van der Waals surface area (Å²) in [6.45, 7) is 2.00. The van der Waals surface area contributed by atoms with Crippen molar-refractivity contribution in [3.05, 3.63) is 59.7 Å². The van der Waals surface area contributed by atoms with Gasteiger partial charge in [0, 0.05) is 24.6 Å². The van der Waals surface area contributed by atoms with E-state index in [0.717, 1.165) is 11.1 Å². The summed E-state index contributed by atoms with van der Waals surface area (Å²) in [6.07, 6.45) is 2.02. The van der Waals surface area contributed by atoms with E-state index in [-0.39, 0.29) is 18.7 Å². The Bertz CT molecular complexity index is 853. The third-order valence-corrected chi connectivity index (χ3v) is 3.49. The number of carbonyl (C=O) groups is 2. The first-order chi connectivity index (χ1) is 12.1. The van der Waals surface area contributed by atoms with Crippen LogP contribution in [0.5, 0.6) is 0 Å². The van der Waals surface area contributed by atoms with Gasteiger partial charge in [-0.25, -0.2) is 0 Å². The number of aromatic nitrogens is 3. The molecule has 0 fully saturated rings. The molecule has 3 N–H and O–H groups in total. The van der Waals surface area contributed by atoms with Gasteiger partial charge in [-0.15, -0.1) is 10.2 Å². The number of aromatic amines is 1. The number of nitrogens with one attached hydrogen (secondary N) is 3. The van der Waals surface area contributed by atoms with Gasteiger partial charge in [0.15, 0.2) is 0 Å². The molecule has 8 heteroatoms. The van der Waals surface area contributed by atoms with Crippen molar-refractivity contribution in [1.82, 2.24) is 26.0 Å². The van der Waals surface area contributed by atoms with Gasteiger partial charge in [-0.3, -0.25) is 20.4 Å². The zero-order valence-electron chi connectivity index (χ0n) is 13.6. The molecule has 8 nitrogen and oxygen atoms in total. The molecule has 0 atom stereocenters. The van der Waals surface area contributed by atoms with Gasteiger partial charge in [0.2, 0.25) is 17.7 Å². The van der Waals surface area contributed by atoms with Crippen molar-refractivity contribution in [1.29, 1.82) is 0 Å². The fraction of sp³-hybridized carbons (Fsp3) is 0.176. The molecule has 0 bridgehead atoms. The van der Waals surface area contributed by atoms with Crippen molar-refractivity contribution in [3.63, 3.8) is 0 Å². The summed E-state index contributed by atoms with van der Waals surface area (Å²) in [6, 6.07) is 11.0. The molecule has 0 spiro atoms. The maximum Gasteiger partial charge on any atom is 0.286 e. The van der Waals surface area contributed by atoms with Crippen LogP contribution in [0.2, 0.25) is 0 Å². The van der Waals surface area contributed by atoms with E-state index >= 15 is 0 Å². The minimum Gasteiger partial charge on any atom is -0.421 e. The molecule has 1 aromatic carbocycles. The molecule has 0 aliphatic heterocycles. The highest BCUT2D eigenvalue weighted by atomic mass is 16.4. The quantitative estimate of drug-likeness (QED) is 0.613. The van der Waals surface area contributed by atoms with Crippen LogP contribution >= 0.6 is 0 Å². The van der Waals surface area contributed by atoms with Gasteiger partial charge in [-0.1, -0.05) is 17.7 Å². The Morgan fingerprint density at radius 1 is 1.12 bits per heavy atom. The predicted octanol–water partition coefficient (Wildman–Crippen LogP) is 1.77. The molecule has 0 saturated heterocycles. The standard InChI is InChI=1S/C17H17N5O3/c1-11-4-6-12(7-5-11)17-22-20-15(25-17)9-8-14(23)19-21-16(24)13-3-2-10-18-13/h2-7,10,18H,8-9H2,1H3,(H,19,23)(H,21,24). The number of aryl methyl sites for hydroxylation is 2. The molecule has 3 rings (SSSR count). The smallest absolute Gasteiger partial charge is 0.286 e. The number of nitrogens with zero attached hydrogens (tertiary/aromatic N) is 2. The Morgan fingerprint density at radius 2 is 1.92 bits per heavy atom. The van der Waals surface area contributed by atoms with Crippen molar-refractivity contribution < 1.29 is 14.0 Å². The molecule has 3 aromatic rings. The lowest BCUT2D eigenvalue weighted by molar-refractivity contribution is -0.121. The van der Waals surface area contributed by atoms with Crippen LogP contribution in [0, 0.1) is 6.92 Å². The minimum absolute atomic E-state index is 0.112. The number of hydrogen-bond acceptors (Lipinski definition) is 5. The van der Waals surface area contributed by atoms with Crippen LogP contribution in [-0.4, -0.2) is 27.0 Å². The van der Waals surface area contributed by atoms with E-state index < -0.39 is 5.91 Å². The minimum atomic E-state index is -0.419. The summed E-state index contributed by atoms with van der Waals surface area (Å²) in [7, 11) is 0. The van der Waals surface area contributed by atoms with Crippen molar-refractivity contribution in [2.75, 3.05) is 0 Å². The molecule has 0 aliphatic carbocycles. The molecule has 2 amide bonds. The van der Waals surface area contributed by atoms with Crippen LogP contribution in [-0.2, 0) is 11.2 Å². The third kappa shape index (κ3) is 4.31. The first-order valence-corrected chi connectivity index (χ1v) is 7.74. The molecule has 2 heterocycles. The van der Waals surface area contributed by atoms with Crippen molar-refractivity contribution in [3.8, 4) is 11.5 Å². The number of benzene rings is 1. The van der Waals surface area contributed by atoms with E-state index in [1.54, 1.807) is 18.3 Å². The summed E-state index contributed by atoms with van der Waals surface area (Å²) in [5.41, 5.74) is 6.99. The van der Waals surface area contributed by atoms with Gasteiger partial charge in [0.25, 0.3) is 5.91 Å². The van der Waals surface area contributed by atoms with E-state index in [2.05, 4.69) is 26.0 Å². The van der Waals surface area contributed by atoms with E-state index in [0.29, 0.717) is 17.5 Å². The molecule has 25 heavy (non-hydrogen) atoms. The fourth-order valence-corrected chi connectivity index (χ4v) is 2.12. The molecule has 0 aliphatic rings. The highest BCUT2D eigenvalue weighted by molar-refractivity contribution is 5.93. The van der Waals surface area contributed by atoms with E-state index in [4.69, 9.17) is 4.42 Å². The molecular formula is C17H17N5O3. The van der Waals surface area contributed by atoms with Gasteiger partial charge in [-0.05, 0) is 31.2 Å². The Balaban J connectivity index is 1.48. The van der Waals surface area contributed by atoms with Crippen molar-refractivity contribution in [2.45, 2.75) is 19.8 Å². The van der Waals surface area contributed by atoms with Crippen LogP contribution in [0.15, 0.2) is 47.0 Å². The van der Waals surface area contributed by atoms with Crippen LogP contribution in [0.4, 0.5) is 0 Å². The monoisotopic (exact) mass is 339 g/mol. The molecular weight excluding hydrogens is 322 g/mol. The Morgan fingerprint density at radius 3 is 2.64 bits per heavy atom. The van der Waals surface area contributed by atoms with E-state index in [1.165, 1.54) is 0 Å². The molecule has 0 saturated carbocycles. The first-order valence-electron chi connectivity index (χ1n) is 7.74. The van der Waals surface area contributed by atoms with Gasteiger partial charge < -0.3 is 9.40 Å². The summed E-state index contributed by atoms with van der Waals surface area (Å²) in [5, 5.41) is 7.91. The van der Waals surface area contributed by atoms with Gasteiger partial charge in [-0.2, -0.15) is 0 Å². The predicted molar refractivity (Wildman–Crippen MR) is 89.2 cm³/mol. The third-order valence-electron chi connectivity index (χ3n) is 3.49. The summed E-state index contributed by atoms with van der Waals surface area (Å²) in [5.74, 6) is 0.00432. The summed E-state index contributed by atoms with van der Waals surface area (Å²) < 4.78 is 5.55. The van der Waals surface area contributed by atoms with E-state index in [1.807, 2.05) is 31.2 Å². The normalized spacial score (nSPS) is 10.4. The lowest BCUT2D eigenvalue weighted by Crippen LogP contribution is -2.41. The largest absolute Gasteiger partial charge is 0.421 e. The molecule has 0 unspecified atom stereocenters. The number of H-pyrrole nitrogens is 1. The number of amides is 2. The zero-order valence-corrected chi connectivity index (χ0v) is 13.6. The number of hydrogen-bond donors (Lipinski definition) is 3. The second-order valence-corrected chi connectivity index (χ2v) is 5.45. The molecule has 128 valence electrons. The number of carbonyl (C=O) groups excluding carboxylic acids is 2. The first kappa shape index (κ1) is 16.4. The Labute approximate surface area is 143 Å². The zero-order chi connectivity index (χ0) is 17.6. The summed E-state index contributed by atoms with van der Waals surface area (Å²) >= 11 is 0. The van der Waals surface area contributed by atoms with Crippen LogP contribution in [0.3, 0.4) is 0 Å².